The Morgan fingerprint density at radius 2 is 2.16 bits per heavy atom. The molecule has 1 heterocycles. The number of pyridine rings is 1. The van der Waals surface area contributed by atoms with E-state index in [1.807, 2.05) is 36.4 Å². The number of halogens is 1. The van der Waals surface area contributed by atoms with Crippen molar-refractivity contribution in [3.63, 3.8) is 0 Å². The van der Waals surface area contributed by atoms with Gasteiger partial charge in [-0.3, -0.25) is 4.98 Å². The summed E-state index contributed by atoms with van der Waals surface area (Å²) in [5, 5.41) is 11.0. The molecule has 1 aromatic carbocycles. The molecule has 0 aliphatic heterocycles. The molecule has 0 bridgehead atoms. The van der Waals surface area contributed by atoms with Crippen LogP contribution in [-0.2, 0) is 6.42 Å². The molecule has 0 aliphatic carbocycles. The van der Waals surface area contributed by atoms with Crippen LogP contribution in [0.15, 0.2) is 47.5 Å². The fourth-order valence-corrected chi connectivity index (χ4v) is 3.01. The van der Waals surface area contributed by atoms with Crippen LogP contribution < -0.4 is 0 Å². The summed E-state index contributed by atoms with van der Waals surface area (Å²) < 4.78 is 0. The maximum Gasteiger partial charge on any atom is 0.106 e. The van der Waals surface area contributed by atoms with Crippen molar-refractivity contribution >= 4 is 23.4 Å². The summed E-state index contributed by atoms with van der Waals surface area (Å²) >= 11 is 7.52. The molecule has 1 N–H and O–H groups in total. The van der Waals surface area contributed by atoms with Crippen LogP contribution in [-0.4, -0.2) is 15.8 Å². The van der Waals surface area contributed by atoms with Gasteiger partial charge in [-0.05, 0) is 36.2 Å². The minimum Gasteiger partial charge on any atom is -0.386 e. The Kier molecular flexibility index (Phi) is 5.25. The van der Waals surface area contributed by atoms with E-state index in [-0.39, 0.29) is 0 Å². The Balaban J connectivity index is 2.03. The zero-order chi connectivity index (χ0) is 13.7. The molecule has 2 nitrogen and oxygen atoms in total. The summed E-state index contributed by atoms with van der Waals surface area (Å²) in [4.78, 5) is 5.35. The van der Waals surface area contributed by atoms with Crippen LogP contribution in [0, 0.1) is 0 Å². The summed E-state index contributed by atoms with van der Waals surface area (Å²) in [7, 11) is 0. The molecule has 0 fully saturated rings. The van der Waals surface area contributed by atoms with Crippen LogP contribution in [0.1, 0.15) is 24.3 Å². The van der Waals surface area contributed by atoms with E-state index in [9.17, 15) is 5.11 Å². The number of thioether (sulfide) groups is 1. The monoisotopic (exact) mass is 293 g/mol. The van der Waals surface area contributed by atoms with Crippen molar-refractivity contribution in [1.82, 2.24) is 4.98 Å². The Labute approximate surface area is 122 Å². The molecular weight excluding hydrogens is 278 g/mol. The number of aliphatic hydroxyl groups is 1. The molecule has 1 atom stereocenters. The quantitative estimate of drug-likeness (QED) is 0.842. The van der Waals surface area contributed by atoms with Gasteiger partial charge in [0.25, 0.3) is 0 Å². The third-order valence-electron chi connectivity index (χ3n) is 2.83. The van der Waals surface area contributed by atoms with Crippen molar-refractivity contribution in [3.8, 4) is 0 Å². The molecule has 2 aromatic rings. The SMILES string of the molecule is CCc1cccnc1C(O)CSc1cccc(Cl)c1. The van der Waals surface area contributed by atoms with Crippen molar-refractivity contribution in [3.05, 3.63) is 58.9 Å². The third kappa shape index (κ3) is 3.96. The normalized spacial score (nSPS) is 12.4. The smallest absolute Gasteiger partial charge is 0.106 e. The van der Waals surface area contributed by atoms with Gasteiger partial charge in [0.1, 0.15) is 6.10 Å². The number of hydrogen-bond donors (Lipinski definition) is 1. The largest absolute Gasteiger partial charge is 0.386 e. The lowest BCUT2D eigenvalue weighted by Crippen LogP contribution is -2.06. The maximum atomic E-state index is 10.2. The molecule has 4 heteroatoms. The minimum atomic E-state index is -0.555. The summed E-state index contributed by atoms with van der Waals surface area (Å²) in [6, 6.07) is 11.6. The molecule has 0 aliphatic rings. The lowest BCUT2D eigenvalue weighted by atomic mass is 10.1. The molecule has 0 radical (unpaired) electrons. The first-order valence-corrected chi connectivity index (χ1v) is 7.57. The summed E-state index contributed by atoms with van der Waals surface area (Å²) in [6.45, 7) is 2.07. The number of aryl methyl sites for hydroxylation is 1. The van der Waals surface area contributed by atoms with Crippen molar-refractivity contribution < 1.29 is 5.11 Å². The highest BCUT2D eigenvalue weighted by Gasteiger charge is 2.13. The number of aromatic nitrogens is 1. The van der Waals surface area contributed by atoms with E-state index in [0.29, 0.717) is 10.8 Å². The summed E-state index contributed by atoms with van der Waals surface area (Å²) in [6.07, 6.45) is 2.05. The van der Waals surface area contributed by atoms with Crippen LogP contribution in [0.4, 0.5) is 0 Å². The average molecular weight is 294 g/mol. The van der Waals surface area contributed by atoms with Crippen molar-refractivity contribution in [1.29, 1.82) is 0 Å². The van der Waals surface area contributed by atoms with Gasteiger partial charge in [0.15, 0.2) is 0 Å². The third-order valence-corrected chi connectivity index (χ3v) is 4.13. The Hall–Kier alpha value is -1.03. The second-order valence-electron chi connectivity index (χ2n) is 4.19. The standard InChI is InChI=1S/C15H16ClNOS/c1-2-11-5-4-8-17-15(11)14(18)10-19-13-7-3-6-12(16)9-13/h3-9,14,18H,2,10H2,1H3. The summed E-state index contributed by atoms with van der Waals surface area (Å²) in [5.74, 6) is 0.574. The lowest BCUT2D eigenvalue weighted by molar-refractivity contribution is 0.198. The van der Waals surface area contributed by atoms with Crippen molar-refractivity contribution in [2.24, 2.45) is 0 Å². The number of rotatable bonds is 5. The zero-order valence-corrected chi connectivity index (χ0v) is 12.3. The predicted molar refractivity (Wildman–Crippen MR) is 80.8 cm³/mol. The Morgan fingerprint density at radius 1 is 1.32 bits per heavy atom. The lowest BCUT2D eigenvalue weighted by Gasteiger charge is -2.13. The van der Waals surface area contributed by atoms with Gasteiger partial charge in [0.2, 0.25) is 0 Å². The van der Waals surface area contributed by atoms with Gasteiger partial charge in [0.05, 0.1) is 5.69 Å². The molecule has 0 saturated heterocycles. The van der Waals surface area contributed by atoms with E-state index >= 15 is 0 Å². The molecule has 2 rings (SSSR count). The van der Waals surface area contributed by atoms with Crippen LogP contribution in [0.2, 0.25) is 5.02 Å². The van der Waals surface area contributed by atoms with E-state index in [0.717, 1.165) is 22.6 Å². The molecular formula is C15H16ClNOS. The number of aliphatic hydroxyl groups excluding tert-OH is 1. The highest BCUT2D eigenvalue weighted by atomic mass is 35.5. The highest BCUT2D eigenvalue weighted by molar-refractivity contribution is 7.99. The van der Waals surface area contributed by atoms with Crippen molar-refractivity contribution in [2.75, 3.05) is 5.75 Å². The van der Waals surface area contributed by atoms with E-state index in [4.69, 9.17) is 11.6 Å². The predicted octanol–water partition coefficient (Wildman–Crippen LogP) is 4.12. The molecule has 0 saturated carbocycles. The van der Waals surface area contributed by atoms with Gasteiger partial charge in [-0.1, -0.05) is 30.7 Å². The molecule has 100 valence electrons. The highest BCUT2D eigenvalue weighted by Crippen LogP contribution is 2.27. The number of benzene rings is 1. The van der Waals surface area contributed by atoms with Gasteiger partial charge in [-0.25, -0.2) is 0 Å². The topological polar surface area (TPSA) is 33.1 Å². The van der Waals surface area contributed by atoms with Gasteiger partial charge in [0, 0.05) is 21.9 Å². The fraction of sp³-hybridized carbons (Fsp3) is 0.267. The minimum absolute atomic E-state index is 0.555. The molecule has 0 spiro atoms. The first-order chi connectivity index (χ1) is 9.20. The van der Waals surface area contributed by atoms with E-state index in [2.05, 4.69) is 11.9 Å². The fourth-order valence-electron chi connectivity index (χ4n) is 1.86. The zero-order valence-electron chi connectivity index (χ0n) is 10.7. The van der Waals surface area contributed by atoms with Gasteiger partial charge >= 0.3 is 0 Å². The van der Waals surface area contributed by atoms with Crippen LogP contribution in [0.3, 0.4) is 0 Å². The maximum absolute atomic E-state index is 10.2. The van der Waals surface area contributed by atoms with E-state index < -0.39 is 6.10 Å². The van der Waals surface area contributed by atoms with Crippen LogP contribution in [0.25, 0.3) is 0 Å². The molecule has 0 amide bonds. The number of nitrogens with zero attached hydrogens (tertiary/aromatic N) is 1. The average Bonchev–Trinajstić information content (AvgIpc) is 2.45. The second-order valence-corrected chi connectivity index (χ2v) is 5.72. The van der Waals surface area contributed by atoms with Gasteiger partial charge < -0.3 is 5.11 Å². The molecule has 1 aromatic heterocycles. The number of hydrogen-bond acceptors (Lipinski definition) is 3. The summed E-state index contributed by atoms with van der Waals surface area (Å²) in [5.41, 5.74) is 1.88. The molecule has 1 unspecified atom stereocenters. The first kappa shape index (κ1) is 14.4. The van der Waals surface area contributed by atoms with Gasteiger partial charge in [-0.2, -0.15) is 0 Å². The first-order valence-electron chi connectivity index (χ1n) is 6.21. The Bertz CT molecular complexity index is 547. The van der Waals surface area contributed by atoms with Crippen molar-refractivity contribution in [2.45, 2.75) is 24.3 Å². The van der Waals surface area contributed by atoms with Crippen LogP contribution >= 0.6 is 23.4 Å². The Morgan fingerprint density at radius 3 is 2.89 bits per heavy atom. The van der Waals surface area contributed by atoms with E-state index in [1.165, 1.54) is 0 Å². The van der Waals surface area contributed by atoms with E-state index in [1.54, 1.807) is 18.0 Å². The van der Waals surface area contributed by atoms with Crippen LogP contribution in [0.5, 0.6) is 0 Å². The van der Waals surface area contributed by atoms with Gasteiger partial charge in [-0.15, -0.1) is 11.8 Å². The second kappa shape index (κ2) is 6.94. The molecule has 19 heavy (non-hydrogen) atoms.